The lowest BCUT2D eigenvalue weighted by Gasteiger charge is -2.44. The fraction of sp³-hybridized carbons (Fsp3) is 0.923. The van der Waals surface area contributed by atoms with Gasteiger partial charge in [0, 0.05) is 29.1 Å². The van der Waals surface area contributed by atoms with Crippen molar-refractivity contribution in [2.45, 2.75) is 44.6 Å². The Morgan fingerprint density at radius 2 is 1.94 bits per heavy atom. The standard InChI is InChI=1S/C13H23NO3S/c15-8-9-18(17)10-13(16)14-7-3-5-11-4-1-2-6-12(11)14/h11-12,15H,1-10H2. The monoisotopic (exact) mass is 273 g/mol. The second-order valence-electron chi connectivity index (χ2n) is 5.35. The highest BCUT2D eigenvalue weighted by Crippen LogP contribution is 2.35. The van der Waals surface area contributed by atoms with Crippen LogP contribution < -0.4 is 0 Å². The Hall–Kier alpha value is -0.420. The van der Waals surface area contributed by atoms with Crippen LogP contribution in [0.25, 0.3) is 0 Å². The average molecular weight is 273 g/mol. The van der Waals surface area contributed by atoms with Gasteiger partial charge in [-0.3, -0.25) is 9.00 Å². The number of carbonyl (C=O) groups is 1. The minimum absolute atomic E-state index is 0.0263. The Labute approximate surface area is 111 Å². The molecule has 1 aliphatic heterocycles. The summed E-state index contributed by atoms with van der Waals surface area (Å²) in [6, 6.07) is 0.395. The quantitative estimate of drug-likeness (QED) is 0.828. The van der Waals surface area contributed by atoms with E-state index in [1.54, 1.807) is 0 Å². The van der Waals surface area contributed by atoms with Crippen molar-refractivity contribution in [3.63, 3.8) is 0 Å². The number of likely N-dealkylation sites (tertiary alicyclic amines) is 1. The molecule has 0 radical (unpaired) electrons. The van der Waals surface area contributed by atoms with Crippen molar-refractivity contribution in [1.29, 1.82) is 0 Å². The van der Waals surface area contributed by atoms with E-state index in [0.29, 0.717) is 12.0 Å². The lowest BCUT2D eigenvalue weighted by Crippen LogP contribution is -2.51. The molecular weight excluding hydrogens is 250 g/mol. The molecule has 0 bridgehead atoms. The predicted molar refractivity (Wildman–Crippen MR) is 71.7 cm³/mol. The average Bonchev–Trinajstić information content (AvgIpc) is 2.38. The van der Waals surface area contributed by atoms with Gasteiger partial charge in [0.1, 0.15) is 5.75 Å². The number of carbonyl (C=O) groups excluding carboxylic acids is 1. The number of aliphatic hydroxyl groups is 1. The number of hydrogen-bond donors (Lipinski definition) is 1. The molecule has 0 aromatic rings. The zero-order valence-corrected chi connectivity index (χ0v) is 11.7. The van der Waals surface area contributed by atoms with Gasteiger partial charge in [0.25, 0.3) is 0 Å². The summed E-state index contributed by atoms with van der Waals surface area (Å²) in [6.07, 6.45) is 7.19. The number of aliphatic hydroxyl groups excluding tert-OH is 1. The van der Waals surface area contributed by atoms with E-state index in [-0.39, 0.29) is 24.0 Å². The summed E-state index contributed by atoms with van der Waals surface area (Å²) in [5.41, 5.74) is 0. The summed E-state index contributed by atoms with van der Waals surface area (Å²) in [4.78, 5) is 14.2. The number of nitrogens with zero attached hydrogens (tertiary/aromatic N) is 1. The molecule has 1 amide bonds. The topological polar surface area (TPSA) is 57.6 Å². The minimum Gasteiger partial charge on any atom is -0.395 e. The molecule has 2 rings (SSSR count). The van der Waals surface area contributed by atoms with E-state index in [0.717, 1.165) is 19.4 Å². The lowest BCUT2D eigenvalue weighted by molar-refractivity contribution is -0.134. The zero-order valence-electron chi connectivity index (χ0n) is 10.8. The van der Waals surface area contributed by atoms with Crippen LogP contribution in [0.5, 0.6) is 0 Å². The maximum atomic E-state index is 12.2. The highest BCUT2D eigenvalue weighted by molar-refractivity contribution is 7.85. The molecule has 3 unspecified atom stereocenters. The summed E-state index contributed by atoms with van der Waals surface area (Å²) in [7, 11) is -1.21. The van der Waals surface area contributed by atoms with E-state index in [9.17, 15) is 9.00 Å². The molecule has 104 valence electrons. The van der Waals surface area contributed by atoms with Gasteiger partial charge in [-0.15, -0.1) is 0 Å². The molecule has 1 aliphatic carbocycles. The Balaban J connectivity index is 1.93. The summed E-state index contributed by atoms with van der Waals surface area (Å²) >= 11 is 0. The van der Waals surface area contributed by atoms with Gasteiger partial charge in [-0.25, -0.2) is 0 Å². The van der Waals surface area contributed by atoms with Crippen molar-refractivity contribution in [2.75, 3.05) is 24.7 Å². The predicted octanol–water partition coefficient (Wildman–Crippen LogP) is 0.909. The third-order valence-corrected chi connectivity index (χ3v) is 5.37. The van der Waals surface area contributed by atoms with Gasteiger partial charge in [-0.05, 0) is 31.6 Å². The molecule has 0 spiro atoms. The van der Waals surface area contributed by atoms with E-state index in [4.69, 9.17) is 5.11 Å². The first kappa shape index (κ1) is 14.0. The maximum Gasteiger partial charge on any atom is 0.235 e. The van der Waals surface area contributed by atoms with Crippen LogP contribution in [0, 0.1) is 5.92 Å². The van der Waals surface area contributed by atoms with Crippen LogP contribution in [0.2, 0.25) is 0 Å². The fourth-order valence-corrected chi connectivity index (χ4v) is 4.12. The van der Waals surface area contributed by atoms with E-state index in [1.165, 1.54) is 25.7 Å². The Morgan fingerprint density at radius 1 is 1.22 bits per heavy atom. The first-order valence-electron chi connectivity index (χ1n) is 6.97. The molecule has 3 atom stereocenters. The Kier molecular flexibility index (Phi) is 5.18. The van der Waals surface area contributed by atoms with E-state index < -0.39 is 10.8 Å². The summed E-state index contributed by atoms with van der Waals surface area (Å²) in [5, 5.41) is 8.73. The molecule has 18 heavy (non-hydrogen) atoms. The number of amides is 1. The first-order valence-corrected chi connectivity index (χ1v) is 8.46. The van der Waals surface area contributed by atoms with Gasteiger partial charge in [0.05, 0.1) is 6.61 Å². The largest absolute Gasteiger partial charge is 0.395 e. The Morgan fingerprint density at radius 3 is 2.72 bits per heavy atom. The van der Waals surface area contributed by atoms with Gasteiger partial charge in [0.15, 0.2) is 0 Å². The fourth-order valence-electron chi connectivity index (χ4n) is 3.33. The number of rotatable bonds is 4. The van der Waals surface area contributed by atoms with E-state index >= 15 is 0 Å². The second kappa shape index (κ2) is 6.66. The molecule has 1 saturated carbocycles. The highest BCUT2D eigenvalue weighted by Gasteiger charge is 2.35. The van der Waals surface area contributed by atoms with Crippen molar-refractivity contribution in [3.05, 3.63) is 0 Å². The number of hydrogen-bond acceptors (Lipinski definition) is 3. The summed E-state index contributed by atoms with van der Waals surface area (Å²) in [6.45, 7) is 0.724. The molecule has 1 heterocycles. The van der Waals surface area contributed by atoms with Crippen LogP contribution in [-0.2, 0) is 15.6 Å². The lowest BCUT2D eigenvalue weighted by atomic mass is 9.78. The smallest absolute Gasteiger partial charge is 0.235 e. The molecule has 5 heteroatoms. The van der Waals surface area contributed by atoms with Crippen LogP contribution in [0.3, 0.4) is 0 Å². The van der Waals surface area contributed by atoms with Crippen LogP contribution in [0.4, 0.5) is 0 Å². The van der Waals surface area contributed by atoms with Crippen LogP contribution >= 0.6 is 0 Å². The minimum atomic E-state index is -1.21. The van der Waals surface area contributed by atoms with Gasteiger partial charge in [-0.1, -0.05) is 12.8 Å². The molecule has 2 fully saturated rings. The third-order valence-electron chi connectivity index (χ3n) is 4.17. The van der Waals surface area contributed by atoms with E-state index in [2.05, 4.69) is 0 Å². The molecule has 1 N–H and O–H groups in total. The van der Waals surface area contributed by atoms with Crippen molar-refractivity contribution in [3.8, 4) is 0 Å². The zero-order chi connectivity index (χ0) is 13.0. The van der Waals surface area contributed by atoms with Crippen molar-refractivity contribution in [2.24, 2.45) is 5.92 Å². The van der Waals surface area contributed by atoms with E-state index in [1.807, 2.05) is 4.90 Å². The van der Waals surface area contributed by atoms with Gasteiger partial charge in [0.2, 0.25) is 5.91 Å². The third kappa shape index (κ3) is 3.32. The number of piperidine rings is 1. The van der Waals surface area contributed by atoms with Crippen molar-refractivity contribution in [1.82, 2.24) is 4.90 Å². The van der Waals surface area contributed by atoms with Gasteiger partial charge in [-0.2, -0.15) is 0 Å². The van der Waals surface area contributed by atoms with Crippen molar-refractivity contribution >= 4 is 16.7 Å². The molecule has 4 nitrogen and oxygen atoms in total. The molecular formula is C13H23NO3S. The van der Waals surface area contributed by atoms with Gasteiger partial charge < -0.3 is 10.0 Å². The van der Waals surface area contributed by atoms with Gasteiger partial charge >= 0.3 is 0 Å². The summed E-state index contributed by atoms with van der Waals surface area (Å²) in [5.74, 6) is 0.999. The SMILES string of the molecule is O=C(CS(=O)CCO)N1CCCC2CCCCC21. The normalized spacial score (nSPS) is 29.7. The number of fused-ring (bicyclic) bond motifs is 1. The maximum absolute atomic E-state index is 12.2. The van der Waals surface area contributed by atoms with Crippen LogP contribution in [0.1, 0.15) is 38.5 Å². The Bertz CT molecular complexity index is 319. The molecule has 1 saturated heterocycles. The first-order chi connectivity index (χ1) is 8.72. The van der Waals surface area contributed by atoms with Crippen LogP contribution in [0.15, 0.2) is 0 Å². The molecule has 0 aromatic carbocycles. The van der Waals surface area contributed by atoms with Crippen molar-refractivity contribution < 1.29 is 14.1 Å². The second-order valence-corrected chi connectivity index (χ2v) is 6.93. The molecule has 0 aromatic heterocycles. The summed E-state index contributed by atoms with van der Waals surface area (Å²) < 4.78 is 11.6. The highest BCUT2D eigenvalue weighted by atomic mass is 32.2. The molecule has 2 aliphatic rings. The van der Waals surface area contributed by atoms with Crippen LogP contribution in [-0.4, -0.2) is 50.8 Å².